The van der Waals surface area contributed by atoms with Crippen molar-refractivity contribution in [1.82, 2.24) is 9.80 Å². The van der Waals surface area contributed by atoms with E-state index in [0.717, 1.165) is 31.7 Å². The summed E-state index contributed by atoms with van der Waals surface area (Å²) in [5, 5.41) is 0. The molecule has 0 bridgehead atoms. The molecule has 24 heavy (non-hydrogen) atoms. The van der Waals surface area contributed by atoms with Crippen molar-refractivity contribution in [3.63, 3.8) is 0 Å². The highest BCUT2D eigenvalue weighted by molar-refractivity contribution is 5.96. The number of ether oxygens (including phenoxy) is 3. The molecule has 0 aromatic heterocycles. The predicted molar refractivity (Wildman–Crippen MR) is 91.0 cm³/mol. The number of morpholine rings is 1. The first-order valence-electron chi connectivity index (χ1n) is 8.39. The Bertz CT molecular complexity index is 619. The number of carbonyl (C=O) groups is 1. The van der Waals surface area contributed by atoms with Gasteiger partial charge in [-0.2, -0.15) is 0 Å². The second kappa shape index (κ2) is 6.99. The van der Waals surface area contributed by atoms with Crippen LogP contribution in [0.1, 0.15) is 22.3 Å². The fourth-order valence-corrected chi connectivity index (χ4v) is 3.61. The number of rotatable bonds is 3. The lowest BCUT2D eigenvalue weighted by Crippen LogP contribution is -2.59. The molecule has 6 heteroatoms. The molecule has 2 saturated heterocycles. The maximum Gasteiger partial charge on any atom is 0.254 e. The van der Waals surface area contributed by atoms with Gasteiger partial charge in [-0.25, -0.2) is 0 Å². The number of benzene rings is 1. The molecule has 1 aromatic carbocycles. The van der Waals surface area contributed by atoms with Gasteiger partial charge in [0.05, 0.1) is 33.0 Å². The lowest BCUT2D eigenvalue weighted by molar-refractivity contribution is -0.0893. The molecule has 6 nitrogen and oxygen atoms in total. The van der Waals surface area contributed by atoms with E-state index in [1.54, 1.807) is 20.3 Å². The Kier molecular flexibility index (Phi) is 4.96. The molecule has 2 aliphatic rings. The fourth-order valence-electron chi connectivity index (χ4n) is 3.61. The molecule has 0 spiro atoms. The number of likely N-dealkylation sites (N-methyl/N-ethyl adjacent to an activating group) is 1. The van der Waals surface area contributed by atoms with Crippen molar-refractivity contribution < 1.29 is 19.0 Å². The molecule has 1 amide bonds. The van der Waals surface area contributed by atoms with Gasteiger partial charge in [0.15, 0.2) is 11.5 Å². The summed E-state index contributed by atoms with van der Waals surface area (Å²) in [7, 11) is 5.29. The normalized spacial score (nSPS) is 24.4. The van der Waals surface area contributed by atoms with E-state index in [9.17, 15) is 4.79 Å². The van der Waals surface area contributed by atoms with Crippen molar-refractivity contribution in [2.45, 2.75) is 25.5 Å². The van der Waals surface area contributed by atoms with Crippen LogP contribution in [-0.4, -0.2) is 75.4 Å². The predicted octanol–water partition coefficient (Wildman–Crippen LogP) is 1.56. The van der Waals surface area contributed by atoms with E-state index in [4.69, 9.17) is 14.2 Å². The molecular formula is C18H26N2O4. The topological polar surface area (TPSA) is 51.2 Å². The van der Waals surface area contributed by atoms with Crippen LogP contribution in [0.2, 0.25) is 0 Å². The highest BCUT2D eigenvalue weighted by Gasteiger charge is 2.37. The zero-order valence-corrected chi connectivity index (χ0v) is 14.9. The average Bonchev–Trinajstić information content (AvgIpc) is 2.61. The molecule has 0 N–H and O–H groups in total. The molecule has 2 aliphatic heterocycles. The molecule has 2 atom stereocenters. The third kappa shape index (κ3) is 3.08. The first kappa shape index (κ1) is 17.0. The summed E-state index contributed by atoms with van der Waals surface area (Å²) < 4.78 is 16.5. The van der Waals surface area contributed by atoms with E-state index in [0.29, 0.717) is 23.6 Å². The Hall–Kier alpha value is -1.79. The fraction of sp³-hybridized carbons (Fsp3) is 0.611. The Morgan fingerprint density at radius 2 is 1.92 bits per heavy atom. The molecule has 0 saturated carbocycles. The van der Waals surface area contributed by atoms with E-state index in [-0.39, 0.29) is 18.1 Å². The Morgan fingerprint density at radius 1 is 1.21 bits per heavy atom. The summed E-state index contributed by atoms with van der Waals surface area (Å²) in [5.74, 6) is 1.27. The average molecular weight is 334 g/mol. The number of nitrogens with zero attached hydrogens (tertiary/aromatic N) is 2. The van der Waals surface area contributed by atoms with E-state index in [2.05, 4.69) is 11.9 Å². The molecule has 3 rings (SSSR count). The lowest BCUT2D eigenvalue weighted by Gasteiger charge is -2.45. The van der Waals surface area contributed by atoms with Crippen LogP contribution in [0.5, 0.6) is 11.5 Å². The molecule has 2 fully saturated rings. The molecule has 2 heterocycles. The second-order valence-electron chi connectivity index (χ2n) is 6.52. The minimum Gasteiger partial charge on any atom is -0.493 e. The van der Waals surface area contributed by atoms with Gasteiger partial charge in [-0.3, -0.25) is 9.69 Å². The number of aryl methyl sites for hydroxylation is 1. The van der Waals surface area contributed by atoms with Crippen molar-refractivity contribution in [2.75, 3.05) is 47.5 Å². The minimum atomic E-state index is 0.0471. The monoisotopic (exact) mass is 334 g/mol. The third-order valence-corrected chi connectivity index (χ3v) is 5.11. The van der Waals surface area contributed by atoms with Crippen LogP contribution in [-0.2, 0) is 4.74 Å². The van der Waals surface area contributed by atoms with Crippen LogP contribution in [0, 0.1) is 6.92 Å². The van der Waals surface area contributed by atoms with E-state index in [1.807, 2.05) is 17.9 Å². The van der Waals surface area contributed by atoms with Crippen molar-refractivity contribution in [1.29, 1.82) is 0 Å². The van der Waals surface area contributed by atoms with E-state index < -0.39 is 0 Å². The van der Waals surface area contributed by atoms with Gasteiger partial charge in [0.2, 0.25) is 0 Å². The number of carbonyl (C=O) groups excluding carboxylic acids is 1. The molecule has 1 aromatic rings. The zero-order chi connectivity index (χ0) is 17.3. The van der Waals surface area contributed by atoms with E-state index >= 15 is 0 Å². The van der Waals surface area contributed by atoms with Gasteiger partial charge in [0, 0.05) is 25.2 Å². The number of likely N-dealkylation sites (tertiary alicyclic amines) is 1. The third-order valence-electron chi connectivity index (χ3n) is 5.11. The number of fused-ring (bicyclic) bond motifs is 1. The van der Waals surface area contributed by atoms with Gasteiger partial charge in [0.1, 0.15) is 0 Å². The first-order chi connectivity index (χ1) is 11.5. The zero-order valence-electron chi connectivity index (χ0n) is 14.9. The van der Waals surface area contributed by atoms with Gasteiger partial charge in [0.25, 0.3) is 5.91 Å². The van der Waals surface area contributed by atoms with Crippen LogP contribution >= 0.6 is 0 Å². The molecule has 0 unspecified atom stereocenters. The van der Waals surface area contributed by atoms with Crippen LogP contribution < -0.4 is 9.47 Å². The maximum absolute atomic E-state index is 13.0. The Labute approximate surface area is 143 Å². The molecule has 0 aliphatic carbocycles. The number of methoxy groups -OCH3 is 2. The number of amides is 1. The van der Waals surface area contributed by atoms with Crippen LogP contribution in [0.4, 0.5) is 0 Å². The van der Waals surface area contributed by atoms with Crippen LogP contribution in [0.25, 0.3) is 0 Å². The Morgan fingerprint density at radius 3 is 2.62 bits per heavy atom. The SMILES string of the molecule is COc1cc(C)c(C(=O)N2CC[C@@H]3OCCN(C)[C@@H]3C2)cc1OC. The largest absolute Gasteiger partial charge is 0.493 e. The summed E-state index contributed by atoms with van der Waals surface area (Å²) in [6, 6.07) is 3.91. The summed E-state index contributed by atoms with van der Waals surface area (Å²) >= 11 is 0. The molecular weight excluding hydrogens is 308 g/mol. The van der Waals surface area contributed by atoms with Gasteiger partial charge >= 0.3 is 0 Å². The van der Waals surface area contributed by atoms with E-state index in [1.165, 1.54) is 0 Å². The quantitative estimate of drug-likeness (QED) is 0.840. The highest BCUT2D eigenvalue weighted by Crippen LogP contribution is 2.31. The Balaban J connectivity index is 1.81. The minimum absolute atomic E-state index is 0.0471. The lowest BCUT2D eigenvalue weighted by atomic mass is 9.97. The van der Waals surface area contributed by atoms with Crippen molar-refractivity contribution in [2.24, 2.45) is 0 Å². The first-order valence-corrected chi connectivity index (χ1v) is 8.39. The number of hydrogen-bond acceptors (Lipinski definition) is 5. The van der Waals surface area contributed by atoms with Gasteiger partial charge in [-0.15, -0.1) is 0 Å². The van der Waals surface area contributed by atoms with Crippen molar-refractivity contribution in [3.05, 3.63) is 23.3 Å². The van der Waals surface area contributed by atoms with Crippen molar-refractivity contribution >= 4 is 5.91 Å². The summed E-state index contributed by atoms with van der Waals surface area (Å²) in [6.07, 6.45) is 1.12. The number of hydrogen-bond donors (Lipinski definition) is 0. The molecule has 0 radical (unpaired) electrons. The standard InChI is InChI=1S/C18H26N2O4/c1-12-9-16(22-3)17(23-4)10-13(12)18(21)20-6-5-15-14(11-20)19(2)7-8-24-15/h9-10,14-15H,5-8,11H2,1-4H3/t14-,15+/m1/s1. The van der Waals surface area contributed by atoms with Crippen LogP contribution in [0.3, 0.4) is 0 Å². The second-order valence-corrected chi connectivity index (χ2v) is 6.52. The van der Waals surface area contributed by atoms with Crippen molar-refractivity contribution in [3.8, 4) is 11.5 Å². The maximum atomic E-state index is 13.0. The highest BCUT2D eigenvalue weighted by atomic mass is 16.5. The molecule has 132 valence electrons. The van der Waals surface area contributed by atoms with Gasteiger partial charge in [-0.05, 0) is 38.1 Å². The summed E-state index contributed by atoms with van der Waals surface area (Å²) in [5.41, 5.74) is 1.57. The van der Waals surface area contributed by atoms with Gasteiger partial charge in [-0.1, -0.05) is 0 Å². The van der Waals surface area contributed by atoms with Crippen LogP contribution in [0.15, 0.2) is 12.1 Å². The smallest absolute Gasteiger partial charge is 0.254 e. The number of piperidine rings is 1. The summed E-state index contributed by atoms with van der Waals surface area (Å²) in [4.78, 5) is 17.3. The summed E-state index contributed by atoms with van der Waals surface area (Å²) in [6.45, 7) is 5.05. The van der Waals surface area contributed by atoms with Gasteiger partial charge < -0.3 is 19.1 Å².